The molecule has 4 N–H and O–H groups in total. The third kappa shape index (κ3) is 3.62. The van der Waals surface area contributed by atoms with Gasteiger partial charge in [0.15, 0.2) is 17.2 Å². The van der Waals surface area contributed by atoms with Crippen LogP contribution in [0.15, 0.2) is 28.7 Å². The first-order valence-electron chi connectivity index (χ1n) is 11.9. The molecule has 1 aromatic rings. The second-order valence-electron chi connectivity index (χ2n) is 10.3. The van der Waals surface area contributed by atoms with Gasteiger partial charge in [-0.25, -0.2) is 0 Å². The lowest BCUT2D eigenvalue weighted by atomic mass is 9.59. The quantitative estimate of drug-likeness (QED) is 0.467. The number of carbonyl (C=O) groups excluding carboxylic acids is 4. The van der Waals surface area contributed by atoms with Gasteiger partial charge in [0.2, 0.25) is 5.78 Å². The van der Waals surface area contributed by atoms with E-state index in [9.17, 15) is 39.6 Å². The lowest BCUT2D eigenvalue weighted by Crippen LogP contribution is -2.56. The van der Waals surface area contributed by atoms with Crippen LogP contribution in [-0.4, -0.2) is 49.2 Å². The normalized spacial score (nSPS) is 26.0. The van der Waals surface area contributed by atoms with Gasteiger partial charge < -0.3 is 25.2 Å². The number of hydrogen-bond donors (Lipinski definition) is 4. The van der Waals surface area contributed by atoms with E-state index in [1.165, 1.54) is 6.92 Å². The first-order chi connectivity index (χ1) is 16.3. The smallest absolute Gasteiger partial charge is 0.209 e. The predicted octanol–water partition coefficient (Wildman–Crippen LogP) is 3.33. The van der Waals surface area contributed by atoms with Crippen molar-refractivity contribution in [1.82, 2.24) is 0 Å². The van der Waals surface area contributed by atoms with E-state index in [4.69, 9.17) is 0 Å². The maximum atomic E-state index is 13.8. The van der Waals surface area contributed by atoms with Crippen LogP contribution in [0.1, 0.15) is 79.9 Å². The largest absolute Gasteiger partial charge is 0.511 e. The van der Waals surface area contributed by atoms with Gasteiger partial charge in [0.1, 0.15) is 28.6 Å². The number of allylic oxidation sites excluding steroid dienone is 2. The highest BCUT2D eigenvalue weighted by Crippen LogP contribution is 2.52. The molecule has 1 aromatic carbocycles. The van der Waals surface area contributed by atoms with Crippen LogP contribution < -0.4 is 0 Å². The minimum absolute atomic E-state index is 0.00855. The molecule has 8 nitrogen and oxygen atoms in total. The SMILES string of the molecule is CC(=O)CCc1cc(C(C)C)c2c(c1O)C(=O)C1=C(O)[C@]3(O)C(=O)C(C(C)=O)=C(O)C[C@@H]3C[C@@H]1C2. The molecule has 0 saturated carbocycles. The van der Waals surface area contributed by atoms with E-state index < -0.39 is 51.9 Å². The van der Waals surface area contributed by atoms with E-state index in [1.807, 2.05) is 19.9 Å². The number of ketones is 4. The number of aryl methyl sites for hydroxylation is 1. The highest BCUT2D eigenvalue weighted by Gasteiger charge is 2.59. The Labute approximate surface area is 203 Å². The van der Waals surface area contributed by atoms with Gasteiger partial charge >= 0.3 is 0 Å². The number of phenolic OH excluding ortho intramolecular Hbond substituents is 1. The molecule has 3 atom stereocenters. The van der Waals surface area contributed by atoms with Crippen LogP contribution in [0.25, 0.3) is 0 Å². The number of phenols is 1. The Bertz CT molecular complexity index is 1250. The highest BCUT2D eigenvalue weighted by molar-refractivity contribution is 6.25. The lowest BCUT2D eigenvalue weighted by molar-refractivity contribution is -0.144. The summed E-state index contributed by atoms with van der Waals surface area (Å²) in [4.78, 5) is 50.4. The minimum Gasteiger partial charge on any atom is -0.511 e. The number of benzene rings is 1. The number of rotatable bonds is 5. The van der Waals surface area contributed by atoms with E-state index in [2.05, 4.69) is 0 Å². The Morgan fingerprint density at radius 3 is 2.34 bits per heavy atom. The van der Waals surface area contributed by atoms with Gasteiger partial charge in [0.05, 0.1) is 5.56 Å². The van der Waals surface area contributed by atoms with E-state index in [1.54, 1.807) is 0 Å². The van der Waals surface area contributed by atoms with Gasteiger partial charge in [0.25, 0.3) is 0 Å². The Morgan fingerprint density at radius 1 is 1.11 bits per heavy atom. The monoisotopic (exact) mass is 482 g/mol. The molecule has 0 spiro atoms. The molecule has 0 fully saturated rings. The summed E-state index contributed by atoms with van der Waals surface area (Å²) in [6.07, 6.45) is 0.671. The van der Waals surface area contributed by atoms with Crippen LogP contribution in [-0.2, 0) is 27.2 Å². The molecular formula is C27H30O8. The zero-order valence-electron chi connectivity index (χ0n) is 20.3. The maximum Gasteiger partial charge on any atom is 0.209 e. The van der Waals surface area contributed by atoms with Crippen molar-refractivity contribution >= 4 is 23.1 Å². The summed E-state index contributed by atoms with van der Waals surface area (Å²) in [6, 6.07) is 1.82. The molecule has 186 valence electrons. The molecule has 4 rings (SSSR count). The first-order valence-corrected chi connectivity index (χ1v) is 11.9. The minimum atomic E-state index is -2.50. The second-order valence-corrected chi connectivity index (χ2v) is 10.3. The molecule has 0 amide bonds. The number of aromatic hydroxyl groups is 1. The van der Waals surface area contributed by atoms with E-state index in [-0.39, 0.29) is 54.3 Å². The summed E-state index contributed by atoms with van der Waals surface area (Å²) in [7, 11) is 0. The fourth-order valence-corrected chi connectivity index (χ4v) is 5.90. The molecule has 35 heavy (non-hydrogen) atoms. The average molecular weight is 483 g/mol. The van der Waals surface area contributed by atoms with Gasteiger partial charge in [-0.2, -0.15) is 0 Å². The summed E-state index contributed by atoms with van der Waals surface area (Å²) >= 11 is 0. The molecule has 3 aliphatic rings. The molecular weight excluding hydrogens is 452 g/mol. The molecule has 3 aliphatic carbocycles. The van der Waals surface area contributed by atoms with Crippen molar-refractivity contribution < 1.29 is 39.6 Å². The number of Topliss-reactive ketones (excluding diaryl/α,β-unsaturated/α-hetero) is 4. The van der Waals surface area contributed by atoms with Crippen molar-refractivity contribution in [1.29, 1.82) is 0 Å². The van der Waals surface area contributed by atoms with Crippen molar-refractivity contribution in [3.63, 3.8) is 0 Å². The summed E-state index contributed by atoms with van der Waals surface area (Å²) in [5.41, 5.74) is -1.27. The number of aliphatic hydroxyl groups is 3. The van der Waals surface area contributed by atoms with Crippen molar-refractivity contribution in [2.24, 2.45) is 11.8 Å². The van der Waals surface area contributed by atoms with E-state index >= 15 is 0 Å². The fraction of sp³-hybridized carbons (Fsp3) is 0.481. The van der Waals surface area contributed by atoms with Gasteiger partial charge in [0, 0.05) is 24.3 Å². The summed E-state index contributed by atoms with van der Waals surface area (Å²) in [5, 5.41) is 43.9. The van der Waals surface area contributed by atoms with Crippen LogP contribution in [0.2, 0.25) is 0 Å². The third-order valence-electron chi connectivity index (χ3n) is 7.65. The fourth-order valence-electron chi connectivity index (χ4n) is 5.90. The summed E-state index contributed by atoms with van der Waals surface area (Å²) in [5.74, 6) is -5.55. The first kappa shape index (κ1) is 24.9. The summed E-state index contributed by atoms with van der Waals surface area (Å²) < 4.78 is 0. The van der Waals surface area contributed by atoms with Gasteiger partial charge in [-0.3, -0.25) is 14.4 Å². The topological polar surface area (TPSA) is 149 Å². The van der Waals surface area contributed by atoms with Gasteiger partial charge in [-0.05, 0) is 61.6 Å². The van der Waals surface area contributed by atoms with Crippen LogP contribution in [0.4, 0.5) is 0 Å². The Hall–Kier alpha value is -3.26. The van der Waals surface area contributed by atoms with Crippen molar-refractivity contribution in [3.05, 3.63) is 51.0 Å². The van der Waals surface area contributed by atoms with Crippen molar-refractivity contribution in [3.8, 4) is 5.75 Å². The lowest BCUT2D eigenvalue weighted by Gasteiger charge is -2.46. The molecule has 8 heteroatoms. The predicted molar refractivity (Wildman–Crippen MR) is 125 cm³/mol. The Balaban J connectivity index is 1.90. The number of carbonyl (C=O) groups is 4. The Kier molecular flexibility index (Phi) is 6.00. The number of fused-ring (bicyclic) bond motifs is 3. The molecule has 0 aliphatic heterocycles. The van der Waals surface area contributed by atoms with Crippen molar-refractivity contribution in [2.75, 3.05) is 0 Å². The zero-order chi connectivity index (χ0) is 26.0. The van der Waals surface area contributed by atoms with Crippen LogP contribution in [0.3, 0.4) is 0 Å². The number of hydrogen-bond acceptors (Lipinski definition) is 8. The average Bonchev–Trinajstić information content (AvgIpc) is 2.75. The molecule has 0 bridgehead atoms. The highest BCUT2D eigenvalue weighted by atomic mass is 16.3. The molecule has 0 aromatic heterocycles. The number of aliphatic hydroxyl groups excluding tert-OH is 2. The van der Waals surface area contributed by atoms with Crippen molar-refractivity contribution in [2.45, 2.75) is 71.3 Å². The van der Waals surface area contributed by atoms with Crippen LogP contribution in [0, 0.1) is 11.8 Å². The van der Waals surface area contributed by atoms with Crippen LogP contribution in [0.5, 0.6) is 5.75 Å². The zero-order valence-corrected chi connectivity index (χ0v) is 20.3. The molecule has 0 saturated heterocycles. The summed E-state index contributed by atoms with van der Waals surface area (Å²) in [6.45, 7) is 6.44. The van der Waals surface area contributed by atoms with Gasteiger partial charge in [-0.1, -0.05) is 19.9 Å². The molecule has 0 radical (unpaired) electrons. The van der Waals surface area contributed by atoms with Gasteiger partial charge in [-0.15, -0.1) is 0 Å². The second kappa shape index (κ2) is 8.45. The van der Waals surface area contributed by atoms with E-state index in [0.717, 1.165) is 12.5 Å². The maximum absolute atomic E-state index is 13.8. The molecule has 0 heterocycles. The van der Waals surface area contributed by atoms with E-state index in [0.29, 0.717) is 17.5 Å². The van der Waals surface area contributed by atoms with Crippen LogP contribution >= 0.6 is 0 Å². The standard InChI is InChI=1S/C27H30O8/c1-11(2)17-8-14(6-5-12(3)28)23(31)22-18(17)9-15-7-16-10-19(30)20(13(4)29)25(33)27(16,35)26(34)21(15)24(22)32/h8,11,15-16,30-31,34-35H,5-7,9-10H2,1-4H3/t15-,16+,27-/m1/s1. The Morgan fingerprint density at radius 2 is 1.77 bits per heavy atom. The third-order valence-corrected chi connectivity index (χ3v) is 7.65. The molecule has 0 unspecified atom stereocenters.